The molecule has 2 N–H and O–H groups in total. The van der Waals surface area contributed by atoms with E-state index in [1.165, 1.54) is 0 Å². The molecule has 0 spiro atoms. The minimum Gasteiger partial charge on any atom is -0.478 e. The molecule has 3 amide bonds. The van der Waals surface area contributed by atoms with E-state index in [4.69, 9.17) is 5.11 Å². The first-order valence-electron chi connectivity index (χ1n) is 7.96. The lowest BCUT2D eigenvalue weighted by Gasteiger charge is -2.40. The standard InChI is InChI=1S/C15H23FN2O6/c1-3-4-5-6-7-8-9-18-12(24-10(2)19)15(16,13(21)22)11(20)17-14(18)23/h12H,3-9H2,1-2H3,(H,21,22)(H,17,20,23). The Bertz CT molecular complexity index is 512. The Morgan fingerprint density at radius 3 is 2.38 bits per heavy atom. The second-order valence-electron chi connectivity index (χ2n) is 5.70. The van der Waals surface area contributed by atoms with E-state index >= 15 is 0 Å². The smallest absolute Gasteiger partial charge is 0.357 e. The van der Waals surface area contributed by atoms with Gasteiger partial charge in [-0.1, -0.05) is 39.0 Å². The summed E-state index contributed by atoms with van der Waals surface area (Å²) in [5, 5.41) is 10.7. The lowest BCUT2D eigenvalue weighted by Crippen LogP contribution is -2.72. The number of hydrogen-bond acceptors (Lipinski definition) is 5. The Labute approximate surface area is 139 Å². The van der Waals surface area contributed by atoms with E-state index in [2.05, 4.69) is 11.7 Å². The van der Waals surface area contributed by atoms with Crippen molar-refractivity contribution in [3.05, 3.63) is 0 Å². The number of nitrogens with one attached hydrogen (secondary N) is 1. The lowest BCUT2D eigenvalue weighted by atomic mass is 9.99. The molecule has 0 radical (unpaired) electrons. The highest BCUT2D eigenvalue weighted by molar-refractivity contribution is 6.13. The van der Waals surface area contributed by atoms with Crippen LogP contribution in [-0.2, 0) is 19.1 Å². The summed E-state index contributed by atoms with van der Waals surface area (Å²) < 4.78 is 19.4. The van der Waals surface area contributed by atoms with E-state index < -0.39 is 35.8 Å². The summed E-state index contributed by atoms with van der Waals surface area (Å²) in [4.78, 5) is 46.7. The Balaban J connectivity index is 2.85. The number of halogens is 1. The van der Waals surface area contributed by atoms with Crippen LogP contribution >= 0.6 is 0 Å². The van der Waals surface area contributed by atoms with Crippen LogP contribution in [0.5, 0.6) is 0 Å². The number of esters is 1. The van der Waals surface area contributed by atoms with Crippen molar-refractivity contribution in [3.63, 3.8) is 0 Å². The molecule has 9 heteroatoms. The van der Waals surface area contributed by atoms with Crippen LogP contribution in [0.1, 0.15) is 52.4 Å². The highest BCUT2D eigenvalue weighted by atomic mass is 19.1. The predicted octanol–water partition coefficient (Wildman–Crippen LogP) is 1.58. The van der Waals surface area contributed by atoms with Crippen molar-refractivity contribution in [2.75, 3.05) is 6.54 Å². The summed E-state index contributed by atoms with van der Waals surface area (Å²) >= 11 is 0. The maximum atomic E-state index is 14.7. The van der Waals surface area contributed by atoms with Gasteiger partial charge in [0.25, 0.3) is 5.91 Å². The van der Waals surface area contributed by atoms with Crippen molar-refractivity contribution in [1.29, 1.82) is 0 Å². The molecule has 136 valence electrons. The number of carbonyl (C=O) groups is 4. The van der Waals surface area contributed by atoms with Gasteiger partial charge in [-0.25, -0.2) is 14.0 Å². The van der Waals surface area contributed by atoms with Crippen LogP contribution < -0.4 is 5.32 Å². The Hall–Kier alpha value is -2.19. The van der Waals surface area contributed by atoms with Gasteiger partial charge in [-0.05, 0) is 6.42 Å². The van der Waals surface area contributed by atoms with Crippen LogP contribution in [0.15, 0.2) is 0 Å². The summed E-state index contributed by atoms with van der Waals surface area (Å²) in [7, 11) is 0. The molecule has 0 bridgehead atoms. The van der Waals surface area contributed by atoms with Crippen LogP contribution in [0, 0.1) is 0 Å². The summed E-state index contributed by atoms with van der Waals surface area (Å²) in [6, 6.07) is -0.977. The number of hydrogen-bond donors (Lipinski definition) is 2. The predicted molar refractivity (Wildman–Crippen MR) is 80.6 cm³/mol. The molecule has 1 fully saturated rings. The molecule has 0 aromatic carbocycles. The van der Waals surface area contributed by atoms with Crippen LogP contribution in [0.4, 0.5) is 9.18 Å². The molecule has 0 aromatic heterocycles. The maximum absolute atomic E-state index is 14.7. The van der Waals surface area contributed by atoms with E-state index in [9.17, 15) is 23.6 Å². The molecule has 1 aliphatic rings. The molecule has 2 atom stereocenters. The van der Waals surface area contributed by atoms with Crippen LogP contribution in [-0.4, -0.2) is 52.3 Å². The van der Waals surface area contributed by atoms with Crippen LogP contribution in [0.2, 0.25) is 0 Å². The Morgan fingerprint density at radius 2 is 1.83 bits per heavy atom. The van der Waals surface area contributed by atoms with Gasteiger partial charge in [-0.2, -0.15) is 0 Å². The van der Waals surface area contributed by atoms with Crippen molar-refractivity contribution in [2.45, 2.75) is 64.3 Å². The number of amides is 3. The normalized spacial score (nSPS) is 23.8. The first kappa shape index (κ1) is 19.9. The zero-order valence-corrected chi connectivity index (χ0v) is 13.8. The van der Waals surface area contributed by atoms with E-state index in [0.717, 1.165) is 43.9 Å². The molecule has 1 heterocycles. The van der Waals surface area contributed by atoms with Crippen molar-refractivity contribution in [3.8, 4) is 0 Å². The Morgan fingerprint density at radius 1 is 1.25 bits per heavy atom. The van der Waals surface area contributed by atoms with Gasteiger partial charge in [0.15, 0.2) is 0 Å². The third kappa shape index (κ3) is 4.42. The number of carboxylic acids is 1. The third-order valence-electron chi connectivity index (χ3n) is 3.78. The van der Waals surface area contributed by atoms with Gasteiger partial charge in [0, 0.05) is 13.5 Å². The van der Waals surface area contributed by atoms with Gasteiger partial charge in [-0.15, -0.1) is 0 Å². The highest BCUT2D eigenvalue weighted by Gasteiger charge is 2.63. The number of carbonyl (C=O) groups excluding carboxylic acids is 3. The summed E-state index contributed by atoms with van der Waals surface area (Å²) in [5.41, 5.74) is -3.54. The molecule has 1 rings (SSSR count). The highest BCUT2D eigenvalue weighted by Crippen LogP contribution is 2.28. The molecule has 0 aromatic rings. The average molecular weight is 346 g/mol. The summed E-state index contributed by atoms with van der Waals surface area (Å²) in [5.74, 6) is -4.75. The minimum absolute atomic E-state index is 0.0257. The van der Waals surface area contributed by atoms with Crippen molar-refractivity contribution in [2.24, 2.45) is 0 Å². The number of carboxylic acid groups (broad SMARTS) is 1. The summed E-state index contributed by atoms with van der Waals surface area (Å²) in [6.45, 7) is 3.00. The number of aliphatic carboxylic acids is 1. The zero-order chi connectivity index (χ0) is 18.3. The SMILES string of the molecule is CCCCCCCCN1C(=O)NC(=O)C(F)(C(=O)O)C1OC(C)=O. The van der Waals surface area contributed by atoms with Crippen LogP contribution in [0.25, 0.3) is 0 Å². The lowest BCUT2D eigenvalue weighted by molar-refractivity contribution is -0.191. The number of nitrogens with zero attached hydrogens (tertiary/aromatic N) is 1. The molecular formula is C15H23FN2O6. The molecule has 24 heavy (non-hydrogen) atoms. The fourth-order valence-corrected chi connectivity index (χ4v) is 2.48. The topological polar surface area (TPSA) is 113 Å². The van der Waals surface area contributed by atoms with Crippen LogP contribution in [0.3, 0.4) is 0 Å². The molecule has 1 aliphatic heterocycles. The van der Waals surface area contributed by atoms with Crippen molar-refractivity contribution < 1.29 is 33.4 Å². The second-order valence-corrected chi connectivity index (χ2v) is 5.70. The molecule has 0 saturated carbocycles. The molecule has 0 aliphatic carbocycles. The summed E-state index contributed by atoms with van der Waals surface area (Å²) in [6.07, 6.45) is 3.20. The minimum atomic E-state index is -3.54. The Kier molecular flexibility index (Phi) is 7.12. The van der Waals surface area contributed by atoms with Gasteiger partial charge >= 0.3 is 23.6 Å². The number of unbranched alkanes of at least 4 members (excludes halogenated alkanes) is 5. The zero-order valence-electron chi connectivity index (χ0n) is 13.8. The number of imide groups is 1. The van der Waals surface area contributed by atoms with E-state index in [0.29, 0.717) is 6.42 Å². The van der Waals surface area contributed by atoms with Gasteiger partial charge in [0.2, 0.25) is 6.23 Å². The van der Waals surface area contributed by atoms with E-state index in [-0.39, 0.29) is 6.54 Å². The van der Waals surface area contributed by atoms with Gasteiger partial charge < -0.3 is 9.84 Å². The van der Waals surface area contributed by atoms with Gasteiger partial charge in [0.05, 0.1) is 0 Å². The number of alkyl halides is 1. The maximum Gasteiger partial charge on any atom is 0.357 e. The fourth-order valence-electron chi connectivity index (χ4n) is 2.48. The molecular weight excluding hydrogens is 323 g/mol. The average Bonchev–Trinajstić information content (AvgIpc) is 2.49. The van der Waals surface area contributed by atoms with E-state index in [1.54, 1.807) is 5.32 Å². The number of urea groups is 1. The quantitative estimate of drug-likeness (QED) is 0.372. The van der Waals surface area contributed by atoms with E-state index in [1.807, 2.05) is 0 Å². The number of ether oxygens (including phenoxy) is 1. The monoisotopic (exact) mass is 346 g/mol. The van der Waals surface area contributed by atoms with Gasteiger partial charge in [-0.3, -0.25) is 19.8 Å². The van der Waals surface area contributed by atoms with Crippen molar-refractivity contribution in [1.82, 2.24) is 10.2 Å². The first-order valence-corrected chi connectivity index (χ1v) is 7.96. The largest absolute Gasteiger partial charge is 0.478 e. The van der Waals surface area contributed by atoms with Crippen molar-refractivity contribution >= 4 is 23.9 Å². The fraction of sp³-hybridized carbons (Fsp3) is 0.733. The third-order valence-corrected chi connectivity index (χ3v) is 3.78. The molecule has 1 saturated heterocycles. The first-order chi connectivity index (χ1) is 11.2. The molecule has 8 nitrogen and oxygen atoms in total. The number of rotatable bonds is 9. The molecule has 2 unspecified atom stereocenters. The van der Waals surface area contributed by atoms with Gasteiger partial charge in [0.1, 0.15) is 0 Å². The second kappa shape index (κ2) is 8.60.